The van der Waals surface area contributed by atoms with E-state index in [2.05, 4.69) is 58.8 Å². The first kappa shape index (κ1) is 12.5. The number of hydrogen-bond donors (Lipinski definition) is 1. The molecule has 104 valence electrons. The average molecular weight is 274 g/mol. The summed E-state index contributed by atoms with van der Waals surface area (Å²) in [7, 11) is 0. The summed E-state index contributed by atoms with van der Waals surface area (Å²) in [6.45, 7) is 0.927. The summed E-state index contributed by atoms with van der Waals surface area (Å²) < 4.78 is 0. The van der Waals surface area contributed by atoms with Crippen LogP contribution in [0.2, 0.25) is 0 Å². The van der Waals surface area contributed by atoms with Crippen molar-refractivity contribution in [2.45, 2.75) is 25.4 Å². The Morgan fingerprint density at radius 1 is 0.952 bits per heavy atom. The summed E-state index contributed by atoms with van der Waals surface area (Å²) in [6.07, 6.45) is 6.06. The van der Waals surface area contributed by atoms with E-state index in [9.17, 15) is 0 Å². The molecule has 2 heteroatoms. The van der Waals surface area contributed by atoms with Gasteiger partial charge in [-0.1, -0.05) is 36.4 Å². The van der Waals surface area contributed by atoms with Crippen molar-refractivity contribution in [1.29, 1.82) is 0 Å². The Kier molecular flexibility index (Phi) is 3.17. The van der Waals surface area contributed by atoms with Gasteiger partial charge in [-0.25, -0.2) is 0 Å². The fourth-order valence-corrected chi connectivity index (χ4v) is 3.21. The van der Waals surface area contributed by atoms with Crippen molar-refractivity contribution >= 4 is 10.8 Å². The van der Waals surface area contributed by atoms with E-state index in [-0.39, 0.29) is 0 Å². The first-order chi connectivity index (χ1) is 10.4. The van der Waals surface area contributed by atoms with Crippen LogP contribution >= 0.6 is 0 Å². The van der Waals surface area contributed by atoms with E-state index in [1.807, 2.05) is 12.4 Å². The molecule has 0 fully saturated rings. The van der Waals surface area contributed by atoms with E-state index < -0.39 is 0 Å². The fourth-order valence-electron chi connectivity index (χ4n) is 3.21. The van der Waals surface area contributed by atoms with Crippen LogP contribution in [0.1, 0.15) is 16.7 Å². The molecule has 0 saturated heterocycles. The van der Waals surface area contributed by atoms with Gasteiger partial charge in [-0.15, -0.1) is 0 Å². The topological polar surface area (TPSA) is 24.9 Å². The summed E-state index contributed by atoms with van der Waals surface area (Å²) in [5.74, 6) is 0. The Bertz CT molecular complexity index is 754. The standard InChI is InChI=1S/C19H18N2/c1-2-4-16-11-19(10-15(16)3-1)21-12-14-5-6-18-13-20-8-7-17(18)9-14/h1-9,13,19,21H,10-12H2. The zero-order valence-corrected chi connectivity index (χ0v) is 11.9. The molecule has 1 N–H and O–H groups in total. The van der Waals surface area contributed by atoms with Crippen LogP contribution in [-0.4, -0.2) is 11.0 Å². The second kappa shape index (κ2) is 5.30. The van der Waals surface area contributed by atoms with Crippen molar-refractivity contribution in [3.63, 3.8) is 0 Å². The maximum atomic E-state index is 4.16. The minimum atomic E-state index is 0.565. The fraction of sp³-hybridized carbons (Fsp3) is 0.211. The number of fused-ring (bicyclic) bond motifs is 2. The third-order valence-electron chi connectivity index (χ3n) is 4.35. The van der Waals surface area contributed by atoms with E-state index in [1.165, 1.54) is 27.5 Å². The molecule has 4 rings (SSSR count). The lowest BCUT2D eigenvalue weighted by molar-refractivity contribution is 0.533. The second-order valence-electron chi connectivity index (χ2n) is 5.81. The quantitative estimate of drug-likeness (QED) is 0.791. The second-order valence-corrected chi connectivity index (χ2v) is 5.81. The molecule has 1 aromatic heterocycles. The molecule has 3 aromatic rings. The molecule has 0 bridgehead atoms. The molecule has 0 aliphatic heterocycles. The molecule has 1 aliphatic carbocycles. The van der Waals surface area contributed by atoms with Gasteiger partial charge in [-0.2, -0.15) is 0 Å². The molecule has 2 aromatic carbocycles. The number of aromatic nitrogens is 1. The first-order valence-corrected chi connectivity index (χ1v) is 7.51. The zero-order chi connectivity index (χ0) is 14.1. The third-order valence-corrected chi connectivity index (χ3v) is 4.35. The minimum Gasteiger partial charge on any atom is -0.309 e. The number of pyridine rings is 1. The maximum Gasteiger partial charge on any atom is 0.0346 e. The van der Waals surface area contributed by atoms with Crippen molar-refractivity contribution in [1.82, 2.24) is 10.3 Å². The molecule has 0 saturated carbocycles. The molecule has 0 radical (unpaired) electrons. The monoisotopic (exact) mass is 274 g/mol. The molecular formula is C19H18N2. The molecule has 0 amide bonds. The van der Waals surface area contributed by atoms with Crippen molar-refractivity contribution in [2.24, 2.45) is 0 Å². The van der Waals surface area contributed by atoms with Crippen LogP contribution < -0.4 is 5.32 Å². The number of nitrogens with zero attached hydrogens (tertiary/aromatic N) is 1. The van der Waals surface area contributed by atoms with Crippen molar-refractivity contribution < 1.29 is 0 Å². The Morgan fingerprint density at radius 2 is 1.76 bits per heavy atom. The van der Waals surface area contributed by atoms with E-state index >= 15 is 0 Å². The largest absolute Gasteiger partial charge is 0.309 e. The number of hydrogen-bond acceptors (Lipinski definition) is 2. The average Bonchev–Trinajstić information content (AvgIpc) is 2.95. The summed E-state index contributed by atoms with van der Waals surface area (Å²) in [5, 5.41) is 6.16. The lowest BCUT2D eigenvalue weighted by atomic mass is 10.1. The smallest absolute Gasteiger partial charge is 0.0346 e. The van der Waals surface area contributed by atoms with Gasteiger partial charge in [0.2, 0.25) is 0 Å². The third kappa shape index (κ3) is 2.55. The Hall–Kier alpha value is -2.19. The van der Waals surface area contributed by atoms with Crippen LogP contribution in [0.5, 0.6) is 0 Å². The summed E-state index contributed by atoms with van der Waals surface area (Å²) in [6, 6.07) is 18.0. The maximum absolute atomic E-state index is 4.16. The van der Waals surface area contributed by atoms with Crippen LogP contribution in [0.4, 0.5) is 0 Å². The van der Waals surface area contributed by atoms with Gasteiger partial charge < -0.3 is 5.32 Å². The van der Waals surface area contributed by atoms with Crippen LogP contribution in [-0.2, 0) is 19.4 Å². The SMILES string of the molecule is c1ccc2c(c1)CC(NCc1ccc3cnccc3c1)C2. The predicted molar refractivity (Wildman–Crippen MR) is 86.2 cm³/mol. The van der Waals surface area contributed by atoms with Gasteiger partial charge in [-0.05, 0) is 47.1 Å². The summed E-state index contributed by atoms with van der Waals surface area (Å²) in [4.78, 5) is 4.16. The highest BCUT2D eigenvalue weighted by molar-refractivity contribution is 5.81. The highest BCUT2D eigenvalue weighted by Gasteiger charge is 2.19. The Balaban J connectivity index is 1.45. The van der Waals surface area contributed by atoms with Gasteiger partial charge in [0.1, 0.15) is 0 Å². The van der Waals surface area contributed by atoms with Gasteiger partial charge in [0.25, 0.3) is 0 Å². The number of rotatable bonds is 3. The molecule has 0 spiro atoms. The zero-order valence-electron chi connectivity index (χ0n) is 11.9. The predicted octanol–water partition coefficient (Wildman–Crippen LogP) is 3.49. The molecule has 1 heterocycles. The Morgan fingerprint density at radius 3 is 2.57 bits per heavy atom. The molecule has 2 nitrogen and oxygen atoms in total. The highest BCUT2D eigenvalue weighted by atomic mass is 14.9. The van der Waals surface area contributed by atoms with Crippen molar-refractivity contribution in [3.05, 3.63) is 77.6 Å². The van der Waals surface area contributed by atoms with Gasteiger partial charge in [0, 0.05) is 30.4 Å². The molecule has 1 aliphatic rings. The normalized spacial score (nSPS) is 14.5. The van der Waals surface area contributed by atoms with Gasteiger partial charge in [0.05, 0.1) is 0 Å². The molecule has 0 unspecified atom stereocenters. The van der Waals surface area contributed by atoms with E-state index in [1.54, 1.807) is 0 Å². The lowest BCUT2D eigenvalue weighted by Gasteiger charge is -2.12. The van der Waals surface area contributed by atoms with E-state index in [0.29, 0.717) is 6.04 Å². The van der Waals surface area contributed by atoms with Gasteiger partial charge >= 0.3 is 0 Å². The van der Waals surface area contributed by atoms with Crippen LogP contribution in [0.25, 0.3) is 10.8 Å². The van der Waals surface area contributed by atoms with Crippen molar-refractivity contribution in [2.75, 3.05) is 0 Å². The molecule has 0 atom stereocenters. The highest BCUT2D eigenvalue weighted by Crippen LogP contribution is 2.22. The molecule has 21 heavy (non-hydrogen) atoms. The number of benzene rings is 2. The minimum absolute atomic E-state index is 0.565. The van der Waals surface area contributed by atoms with Crippen LogP contribution in [0.15, 0.2) is 60.9 Å². The van der Waals surface area contributed by atoms with E-state index in [0.717, 1.165) is 19.4 Å². The molecular weight excluding hydrogens is 256 g/mol. The van der Waals surface area contributed by atoms with Gasteiger partial charge in [-0.3, -0.25) is 4.98 Å². The summed E-state index contributed by atoms with van der Waals surface area (Å²) in [5.41, 5.74) is 4.34. The van der Waals surface area contributed by atoms with Crippen LogP contribution in [0.3, 0.4) is 0 Å². The van der Waals surface area contributed by atoms with Gasteiger partial charge in [0.15, 0.2) is 0 Å². The van der Waals surface area contributed by atoms with Crippen molar-refractivity contribution in [3.8, 4) is 0 Å². The first-order valence-electron chi connectivity index (χ1n) is 7.51. The van der Waals surface area contributed by atoms with Crippen LogP contribution in [0, 0.1) is 0 Å². The Labute approximate surface area is 124 Å². The summed E-state index contributed by atoms with van der Waals surface area (Å²) >= 11 is 0. The number of nitrogens with one attached hydrogen (secondary N) is 1. The lowest BCUT2D eigenvalue weighted by Crippen LogP contribution is -2.28. The van der Waals surface area contributed by atoms with E-state index in [4.69, 9.17) is 0 Å².